The minimum absolute atomic E-state index is 0.115. The van der Waals surface area contributed by atoms with Crippen LogP contribution in [0.4, 0.5) is 0 Å². The van der Waals surface area contributed by atoms with E-state index in [0.717, 1.165) is 17.7 Å². The molecule has 5 nitrogen and oxygen atoms in total. The van der Waals surface area contributed by atoms with E-state index in [-0.39, 0.29) is 5.91 Å². The third-order valence-corrected chi connectivity index (χ3v) is 7.34. The summed E-state index contributed by atoms with van der Waals surface area (Å²) < 4.78 is 27.1. The van der Waals surface area contributed by atoms with E-state index in [1.165, 1.54) is 4.31 Å². The predicted molar refractivity (Wildman–Crippen MR) is 103 cm³/mol. The van der Waals surface area contributed by atoms with Crippen LogP contribution in [0.1, 0.15) is 38.2 Å². The molecule has 0 bridgehead atoms. The summed E-state index contributed by atoms with van der Waals surface area (Å²) in [7, 11) is -3.49. The maximum Gasteiger partial charge on any atom is 0.243 e. The zero-order chi connectivity index (χ0) is 18.4. The van der Waals surface area contributed by atoms with Gasteiger partial charge < -0.3 is 4.90 Å². The molecule has 1 atom stereocenters. The number of carbonyl (C=O) groups excluding carboxylic acids is 1. The molecule has 0 N–H and O–H groups in total. The summed E-state index contributed by atoms with van der Waals surface area (Å²) in [5.74, 6) is 1.34. The van der Waals surface area contributed by atoms with Crippen LogP contribution >= 0.6 is 11.8 Å². The van der Waals surface area contributed by atoms with Gasteiger partial charge in [-0.2, -0.15) is 16.1 Å². The number of carbonyl (C=O) groups is 1. The third-order valence-electron chi connectivity index (χ3n) is 4.81. The van der Waals surface area contributed by atoms with Gasteiger partial charge in [0, 0.05) is 38.4 Å². The Morgan fingerprint density at radius 1 is 1.16 bits per heavy atom. The van der Waals surface area contributed by atoms with Gasteiger partial charge in [-0.3, -0.25) is 4.79 Å². The molecular formula is C18H28N2O3S2. The Kier molecular flexibility index (Phi) is 7.34. The average molecular weight is 385 g/mol. The van der Waals surface area contributed by atoms with Gasteiger partial charge >= 0.3 is 0 Å². The van der Waals surface area contributed by atoms with E-state index >= 15 is 0 Å². The van der Waals surface area contributed by atoms with Crippen LogP contribution in [0.15, 0.2) is 29.2 Å². The molecule has 1 aromatic rings. The van der Waals surface area contributed by atoms with Crippen molar-refractivity contribution in [3.63, 3.8) is 0 Å². The van der Waals surface area contributed by atoms with Gasteiger partial charge in [0.15, 0.2) is 0 Å². The Bertz CT molecular complexity index is 666. The van der Waals surface area contributed by atoms with Crippen LogP contribution in [0.3, 0.4) is 0 Å². The topological polar surface area (TPSA) is 57.7 Å². The SMILES string of the molecule is CCC(C)c1ccc(S(=O)(=O)N2CCN(C(=O)CCSC)CC2)cc1. The van der Waals surface area contributed by atoms with E-state index < -0.39 is 10.0 Å². The molecule has 2 rings (SSSR count). The summed E-state index contributed by atoms with van der Waals surface area (Å²) in [6, 6.07) is 7.21. The lowest BCUT2D eigenvalue weighted by Crippen LogP contribution is -2.50. The van der Waals surface area contributed by atoms with Gasteiger partial charge in [-0.25, -0.2) is 8.42 Å². The molecule has 7 heteroatoms. The van der Waals surface area contributed by atoms with Crippen molar-refractivity contribution in [3.8, 4) is 0 Å². The number of thioether (sulfide) groups is 1. The number of nitrogens with zero attached hydrogens (tertiary/aromatic N) is 2. The highest BCUT2D eigenvalue weighted by Crippen LogP contribution is 2.23. The maximum absolute atomic E-state index is 12.8. The van der Waals surface area contributed by atoms with E-state index in [9.17, 15) is 13.2 Å². The number of piperazine rings is 1. The molecule has 1 fully saturated rings. The molecule has 0 aliphatic carbocycles. The fraction of sp³-hybridized carbons (Fsp3) is 0.611. The normalized spacial score (nSPS) is 17.5. The smallest absolute Gasteiger partial charge is 0.243 e. The van der Waals surface area contributed by atoms with Crippen LogP contribution in [0.2, 0.25) is 0 Å². The highest BCUT2D eigenvalue weighted by molar-refractivity contribution is 7.98. The molecule has 0 radical (unpaired) electrons. The van der Waals surface area contributed by atoms with Crippen molar-refractivity contribution in [1.29, 1.82) is 0 Å². The molecule has 1 amide bonds. The molecule has 1 saturated heterocycles. The lowest BCUT2D eigenvalue weighted by atomic mass is 9.99. The Hall–Kier alpha value is -1.05. The van der Waals surface area contributed by atoms with Gasteiger partial charge in [0.1, 0.15) is 0 Å². The first-order valence-corrected chi connectivity index (χ1v) is 11.6. The van der Waals surface area contributed by atoms with E-state index in [1.54, 1.807) is 28.8 Å². The second kappa shape index (κ2) is 9.05. The molecule has 0 spiro atoms. The quantitative estimate of drug-likeness (QED) is 0.725. The second-order valence-corrected chi connectivity index (χ2v) is 9.33. The summed E-state index contributed by atoms with van der Waals surface area (Å²) in [6.07, 6.45) is 3.52. The largest absolute Gasteiger partial charge is 0.340 e. The van der Waals surface area contributed by atoms with Gasteiger partial charge in [-0.05, 0) is 36.3 Å². The van der Waals surface area contributed by atoms with E-state index in [4.69, 9.17) is 0 Å². The fourth-order valence-electron chi connectivity index (χ4n) is 2.88. The Balaban J connectivity index is 2.00. The molecular weight excluding hydrogens is 356 g/mol. The van der Waals surface area contributed by atoms with Crippen LogP contribution in [0.5, 0.6) is 0 Å². The Labute approximate surface area is 155 Å². The minimum atomic E-state index is -3.49. The fourth-order valence-corrected chi connectivity index (χ4v) is 4.68. The first-order chi connectivity index (χ1) is 11.9. The van der Waals surface area contributed by atoms with Gasteiger partial charge in [0.05, 0.1) is 4.90 Å². The van der Waals surface area contributed by atoms with Gasteiger partial charge in [0.25, 0.3) is 0 Å². The Morgan fingerprint density at radius 2 is 1.76 bits per heavy atom. The van der Waals surface area contributed by atoms with Crippen molar-refractivity contribution in [2.75, 3.05) is 38.2 Å². The van der Waals surface area contributed by atoms with Crippen LogP contribution in [-0.2, 0) is 14.8 Å². The first-order valence-electron chi connectivity index (χ1n) is 8.77. The zero-order valence-corrected chi connectivity index (χ0v) is 16.9. The highest BCUT2D eigenvalue weighted by Gasteiger charge is 2.29. The molecule has 1 unspecified atom stereocenters. The summed E-state index contributed by atoms with van der Waals surface area (Å²) in [4.78, 5) is 14.2. The number of amides is 1. The predicted octanol–water partition coefficient (Wildman–Crippen LogP) is 2.79. The van der Waals surface area contributed by atoms with E-state index in [0.29, 0.717) is 43.4 Å². The number of benzene rings is 1. The number of rotatable bonds is 7. The standard InChI is InChI=1S/C18H28N2O3S2/c1-4-15(2)16-5-7-17(8-6-16)25(22,23)20-12-10-19(11-13-20)18(21)9-14-24-3/h5-8,15H,4,9-14H2,1-3H3. The second-order valence-electron chi connectivity index (χ2n) is 6.41. The number of hydrogen-bond acceptors (Lipinski definition) is 4. The van der Waals surface area contributed by atoms with Crippen molar-refractivity contribution in [3.05, 3.63) is 29.8 Å². The zero-order valence-electron chi connectivity index (χ0n) is 15.3. The van der Waals surface area contributed by atoms with Crippen LogP contribution < -0.4 is 0 Å². The van der Waals surface area contributed by atoms with Gasteiger partial charge in [0.2, 0.25) is 15.9 Å². The molecule has 1 aliphatic rings. The first kappa shape index (κ1) is 20.3. The van der Waals surface area contributed by atoms with Crippen molar-refractivity contribution < 1.29 is 13.2 Å². The summed E-state index contributed by atoms with van der Waals surface area (Å²) in [5.41, 5.74) is 1.16. The van der Waals surface area contributed by atoms with E-state index in [2.05, 4.69) is 13.8 Å². The molecule has 25 heavy (non-hydrogen) atoms. The molecule has 1 heterocycles. The molecule has 0 saturated carbocycles. The van der Waals surface area contributed by atoms with Crippen molar-refractivity contribution in [1.82, 2.24) is 9.21 Å². The Morgan fingerprint density at radius 3 is 2.28 bits per heavy atom. The highest BCUT2D eigenvalue weighted by atomic mass is 32.2. The number of hydrogen-bond donors (Lipinski definition) is 0. The van der Waals surface area contributed by atoms with Gasteiger partial charge in [-0.1, -0.05) is 26.0 Å². The lowest BCUT2D eigenvalue weighted by Gasteiger charge is -2.34. The summed E-state index contributed by atoms with van der Waals surface area (Å²) in [6.45, 7) is 5.92. The van der Waals surface area contributed by atoms with Gasteiger partial charge in [-0.15, -0.1) is 0 Å². The molecule has 1 aromatic carbocycles. The van der Waals surface area contributed by atoms with Crippen molar-refractivity contribution >= 4 is 27.7 Å². The molecule has 0 aromatic heterocycles. The van der Waals surface area contributed by atoms with E-state index in [1.807, 2.05) is 18.4 Å². The minimum Gasteiger partial charge on any atom is -0.340 e. The maximum atomic E-state index is 12.8. The monoisotopic (exact) mass is 384 g/mol. The van der Waals surface area contributed by atoms with Crippen molar-refractivity contribution in [2.45, 2.75) is 37.5 Å². The van der Waals surface area contributed by atoms with Crippen LogP contribution in [-0.4, -0.2) is 61.7 Å². The average Bonchev–Trinajstić information content (AvgIpc) is 2.65. The third kappa shape index (κ3) is 4.99. The molecule has 140 valence electrons. The van der Waals surface area contributed by atoms with Crippen LogP contribution in [0, 0.1) is 0 Å². The van der Waals surface area contributed by atoms with Crippen LogP contribution in [0.25, 0.3) is 0 Å². The lowest BCUT2D eigenvalue weighted by molar-refractivity contribution is -0.131. The number of sulfonamides is 1. The summed E-state index contributed by atoms with van der Waals surface area (Å²) >= 11 is 1.65. The summed E-state index contributed by atoms with van der Waals surface area (Å²) in [5, 5.41) is 0. The van der Waals surface area contributed by atoms with Crippen molar-refractivity contribution in [2.24, 2.45) is 0 Å². The molecule has 1 aliphatic heterocycles.